The number of hydrogen-bond donors (Lipinski definition) is 1. The maximum atomic E-state index is 12.9. The van der Waals surface area contributed by atoms with Crippen LogP contribution in [0, 0.1) is 5.92 Å². The number of rotatable bonds is 4. The van der Waals surface area contributed by atoms with Crippen molar-refractivity contribution in [2.75, 3.05) is 36.8 Å². The number of benzene rings is 2. The summed E-state index contributed by atoms with van der Waals surface area (Å²) in [7, 11) is 0. The van der Waals surface area contributed by atoms with E-state index in [0.717, 1.165) is 0 Å². The molecule has 2 aromatic carbocycles. The second kappa shape index (κ2) is 7.50. The van der Waals surface area contributed by atoms with Crippen LogP contribution < -0.4 is 29.2 Å². The Morgan fingerprint density at radius 1 is 0.968 bits per heavy atom. The number of hydrogen-bond acceptors (Lipinski definition) is 7. The van der Waals surface area contributed by atoms with Crippen molar-refractivity contribution in [1.29, 1.82) is 0 Å². The Labute approximate surface area is 177 Å². The van der Waals surface area contributed by atoms with Gasteiger partial charge in [-0.3, -0.25) is 14.4 Å². The smallest absolute Gasteiger partial charge is 0.231 e. The lowest BCUT2D eigenvalue weighted by molar-refractivity contribution is -0.122. The average molecular weight is 424 g/mol. The molecule has 0 aromatic heterocycles. The molecular weight excluding hydrogens is 404 g/mol. The molecule has 3 aliphatic heterocycles. The molecule has 0 spiro atoms. The second-order valence-electron chi connectivity index (χ2n) is 7.53. The molecular formula is C22H20N2O7. The molecule has 0 aliphatic carbocycles. The third-order valence-corrected chi connectivity index (χ3v) is 5.48. The summed E-state index contributed by atoms with van der Waals surface area (Å²) in [4.78, 5) is 39.2. The van der Waals surface area contributed by atoms with Gasteiger partial charge < -0.3 is 29.2 Å². The van der Waals surface area contributed by atoms with Gasteiger partial charge in [0.25, 0.3) is 0 Å². The molecule has 31 heavy (non-hydrogen) atoms. The number of ketones is 1. The van der Waals surface area contributed by atoms with Gasteiger partial charge in [-0.15, -0.1) is 0 Å². The highest BCUT2D eigenvalue weighted by Crippen LogP contribution is 2.38. The van der Waals surface area contributed by atoms with Crippen LogP contribution in [0.15, 0.2) is 30.3 Å². The van der Waals surface area contributed by atoms with Gasteiger partial charge in [-0.1, -0.05) is 0 Å². The third kappa shape index (κ3) is 3.52. The van der Waals surface area contributed by atoms with E-state index in [1.165, 1.54) is 6.92 Å². The summed E-state index contributed by atoms with van der Waals surface area (Å²) in [6.45, 7) is 2.63. The van der Waals surface area contributed by atoms with E-state index in [9.17, 15) is 14.4 Å². The molecule has 0 unspecified atom stereocenters. The van der Waals surface area contributed by atoms with Gasteiger partial charge in [-0.2, -0.15) is 0 Å². The number of Topliss-reactive ketones (excluding diaryl/α,β-unsaturated/α-hetero) is 1. The van der Waals surface area contributed by atoms with Gasteiger partial charge in [0.05, 0.1) is 11.6 Å². The van der Waals surface area contributed by atoms with Crippen molar-refractivity contribution >= 4 is 29.0 Å². The maximum Gasteiger partial charge on any atom is 0.231 e. The molecule has 160 valence electrons. The van der Waals surface area contributed by atoms with Crippen LogP contribution in [0.25, 0.3) is 0 Å². The average Bonchev–Trinajstić information content (AvgIpc) is 3.38. The number of anilines is 2. The van der Waals surface area contributed by atoms with E-state index in [0.29, 0.717) is 53.2 Å². The van der Waals surface area contributed by atoms with Crippen LogP contribution in [0.4, 0.5) is 11.4 Å². The second-order valence-corrected chi connectivity index (χ2v) is 7.53. The van der Waals surface area contributed by atoms with Gasteiger partial charge >= 0.3 is 0 Å². The Bertz CT molecular complexity index is 1100. The summed E-state index contributed by atoms with van der Waals surface area (Å²) < 4.78 is 21.8. The number of carbonyl (C=O) groups is 3. The zero-order chi connectivity index (χ0) is 21.5. The van der Waals surface area contributed by atoms with Crippen LogP contribution in [-0.4, -0.2) is 44.1 Å². The lowest BCUT2D eigenvalue weighted by Crippen LogP contribution is -2.28. The fourth-order valence-electron chi connectivity index (χ4n) is 3.90. The van der Waals surface area contributed by atoms with Crippen LogP contribution >= 0.6 is 0 Å². The molecule has 2 aromatic rings. The summed E-state index contributed by atoms with van der Waals surface area (Å²) in [5.41, 5.74) is 1.31. The van der Waals surface area contributed by atoms with Crippen LogP contribution in [0.2, 0.25) is 0 Å². The minimum absolute atomic E-state index is 0.0612. The number of carbonyl (C=O) groups excluding carboxylic acids is 3. The zero-order valence-electron chi connectivity index (χ0n) is 16.8. The quantitative estimate of drug-likeness (QED) is 0.752. The number of ether oxygens (including phenoxy) is 4. The highest BCUT2D eigenvalue weighted by molar-refractivity contribution is 6.07. The summed E-state index contributed by atoms with van der Waals surface area (Å²) in [5.74, 6) is 0.861. The molecule has 3 aliphatic rings. The van der Waals surface area contributed by atoms with Gasteiger partial charge in [0.15, 0.2) is 28.8 Å². The largest absolute Gasteiger partial charge is 0.486 e. The third-order valence-electron chi connectivity index (χ3n) is 5.48. The Morgan fingerprint density at radius 3 is 2.45 bits per heavy atom. The van der Waals surface area contributed by atoms with Crippen molar-refractivity contribution in [3.05, 3.63) is 35.9 Å². The highest BCUT2D eigenvalue weighted by atomic mass is 16.7. The zero-order valence-corrected chi connectivity index (χ0v) is 16.8. The lowest BCUT2D eigenvalue weighted by Gasteiger charge is -2.22. The number of fused-ring (bicyclic) bond motifs is 2. The van der Waals surface area contributed by atoms with E-state index >= 15 is 0 Å². The van der Waals surface area contributed by atoms with Crippen LogP contribution in [0.1, 0.15) is 23.7 Å². The normalized spacial score (nSPS) is 18.8. The molecule has 1 N–H and O–H groups in total. The van der Waals surface area contributed by atoms with E-state index in [1.54, 1.807) is 35.2 Å². The molecule has 0 saturated carbocycles. The van der Waals surface area contributed by atoms with Crippen molar-refractivity contribution < 1.29 is 33.3 Å². The lowest BCUT2D eigenvalue weighted by atomic mass is 10.1. The predicted octanol–water partition coefficient (Wildman–Crippen LogP) is 2.38. The molecule has 0 bridgehead atoms. The first-order chi connectivity index (χ1) is 15.0. The summed E-state index contributed by atoms with van der Waals surface area (Å²) >= 11 is 0. The number of amides is 2. The van der Waals surface area contributed by atoms with E-state index in [4.69, 9.17) is 18.9 Å². The van der Waals surface area contributed by atoms with Gasteiger partial charge in [0.2, 0.25) is 18.6 Å². The van der Waals surface area contributed by atoms with Crippen molar-refractivity contribution in [3.63, 3.8) is 0 Å². The van der Waals surface area contributed by atoms with E-state index in [-0.39, 0.29) is 37.4 Å². The van der Waals surface area contributed by atoms with Crippen molar-refractivity contribution in [3.8, 4) is 23.0 Å². The maximum absolute atomic E-state index is 12.9. The van der Waals surface area contributed by atoms with E-state index in [1.807, 2.05) is 0 Å². The topological polar surface area (TPSA) is 103 Å². The summed E-state index contributed by atoms with van der Waals surface area (Å²) in [5, 5.41) is 2.79. The predicted molar refractivity (Wildman–Crippen MR) is 109 cm³/mol. The minimum atomic E-state index is -0.564. The van der Waals surface area contributed by atoms with Crippen LogP contribution in [-0.2, 0) is 9.59 Å². The molecule has 9 nitrogen and oxygen atoms in total. The molecule has 3 heterocycles. The van der Waals surface area contributed by atoms with Crippen LogP contribution in [0.3, 0.4) is 0 Å². The van der Waals surface area contributed by atoms with Crippen molar-refractivity contribution in [2.24, 2.45) is 5.92 Å². The molecule has 1 atom stereocenters. The minimum Gasteiger partial charge on any atom is -0.486 e. The molecule has 5 rings (SSSR count). The molecule has 1 fully saturated rings. The Hall–Kier alpha value is -3.75. The number of nitrogens with zero attached hydrogens (tertiary/aromatic N) is 1. The monoisotopic (exact) mass is 424 g/mol. The highest BCUT2D eigenvalue weighted by Gasteiger charge is 2.36. The Morgan fingerprint density at radius 2 is 1.68 bits per heavy atom. The van der Waals surface area contributed by atoms with Gasteiger partial charge in [0.1, 0.15) is 13.2 Å². The standard InChI is InChI=1S/C22H20N2O7/c1-12(25)15-8-19-20(31-11-30-19)9-16(15)23-22(27)13-6-21(26)24(10-13)14-2-3-17-18(7-14)29-5-4-28-17/h2-3,7-9,13H,4-6,10-11H2,1H3,(H,23,27)/t13-/m0/s1. The summed E-state index contributed by atoms with van der Waals surface area (Å²) in [6.07, 6.45) is 0.0697. The SMILES string of the molecule is CC(=O)c1cc2c(cc1NC(=O)[C@H]1CC(=O)N(c3ccc4c(c3)OCCO4)C1)OCO2. The fraction of sp³-hybridized carbons (Fsp3) is 0.318. The first kappa shape index (κ1) is 19.2. The van der Waals surface area contributed by atoms with E-state index in [2.05, 4.69) is 5.32 Å². The molecule has 9 heteroatoms. The molecule has 1 saturated heterocycles. The Kier molecular flexibility index (Phi) is 4.65. The van der Waals surface area contributed by atoms with E-state index < -0.39 is 5.92 Å². The van der Waals surface area contributed by atoms with Gasteiger partial charge in [0, 0.05) is 36.3 Å². The molecule has 0 radical (unpaired) electrons. The number of nitrogens with one attached hydrogen (secondary N) is 1. The first-order valence-corrected chi connectivity index (χ1v) is 9.95. The van der Waals surface area contributed by atoms with Crippen LogP contribution in [0.5, 0.6) is 23.0 Å². The fourth-order valence-corrected chi connectivity index (χ4v) is 3.90. The Balaban J connectivity index is 1.34. The summed E-state index contributed by atoms with van der Waals surface area (Å²) in [6, 6.07) is 8.42. The van der Waals surface area contributed by atoms with Crippen molar-refractivity contribution in [1.82, 2.24) is 0 Å². The van der Waals surface area contributed by atoms with Gasteiger partial charge in [-0.25, -0.2) is 0 Å². The molecule has 2 amide bonds. The van der Waals surface area contributed by atoms with Crippen molar-refractivity contribution in [2.45, 2.75) is 13.3 Å². The first-order valence-electron chi connectivity index (χ1n) is 9.95. The van der Waals surface area contributed by atoms with Gasteiger partial charge in [-0.05, 0) is 25.1 Å².